The van der Waals surface area contributed by atoms with E-state index in [9.17, 15) is 9.18 Å². The first-order valence-corrected chi connectivity index (χ1v) is 6.77. The van der Waals surface area contributed by atoms with Crippen molar-refractivity contribution < 1.29 is 13.9 Å². The lowest BCUT2D eigenvalue weighted by molar-refractivity contribution is 0.0235. The third-order valence-corrected chi connectivity index (χ3v) is 3.48. The van der Waals surface area contributed by atoms with Crippen LogP contribution in [0.4, 0.5) is 9.18 Å². The van der Waals surface area contributed by atoms with Gasteiger partial charge in [-0.1, -0.05) is 0 Å². The second-order valence-electron chi connectivity index (χ2n) is 5.42. The van der Waals surface area contributed by atoms with Gasteiger partial charge in [-0.15, -0.1) is 0 Å². The first-order chi connectivity index (χ1) is 9.51. The summed E-state index contributed by atoms with van der Waals surface area (Å²) in [5.74, 6) is 0. The first kappa shape index (κ1) is 14.8. The number of aryl methyl sites for hydroxylation is 1. The predicted molar refractivity (Wildman–Crippen MR) is 72.0 cm³/mol. The Kier molecular flexibility index (Phi) is 4.59. The predicted octanol–water partition coefficient (Wildman–Crippen LogP) is 1.22. The number of ether oxygens (including phenoxy) is 1. The molecular formula is C13H21FN4O2. The summed E-state index contributed by atoms with van der Waals surface area (Å²) in [5, 5.41) is 9.67. The summed E-state index contributed by atoms with van der Waals surface area (Å²) < 4.78 is 19.2. The van der Waals surface area contributed by atoms with Crippen LogP contribution in [0.25, 0.3) is 0 Å². The number of carbonyl (C=O) groups is 1. The van der Waals surface area contributed by atoms with Crippen LogP contribution in [0.5, 0.6) is 0 Å². The van der Waals surface area contributed by atoms with E-state index in [1.807, 2.05) is 13.8 Å². The first-order valence-electron chi connectivity index (χ1n) is 6.77. The van der Waals surface area contributed by atoms with E-state index in [2.05, 4.69) is 15.7 Å². The van der Waals surface area contributed by atoms with E-state index < -0.39 is 6.67 Å². The number of alkyl halides is 1. The molecule has 0 spiro atoms. The second-order valence-corrected chi connectivity index (χ2v) is 5.42. The molecule has 1 unspecified atom stereocenters. The number of nitrogens with one attached hydrogen (secondary N) is 2. The van der Waals surface area contributed by atoms with Crippen molar-refractivity contribution in [3.63, 3.8) is 0 Å². The van der Waals surface area contributed by atoms with Crippen LogP contribution in [0.3, 0.4) is 0 Å². The molecule has 1 atom stereocenters. The number of urea groups is 1. The van der Waals surface area contributed by atoms with Crippen molar-refractivity contribution in [2.75, 3.05) is 13.3 Å². The molecule has 112 valence electrons. The van der Waals surface area contributed by atoms with Crippen molar-refractivity contribution >= 4 is 6.03 Å². The van der Waals surface area contributed by atoms with Gasteiger partial charge in [-0.05, 0) is 20.3 Å². The van der Waals surface area contributed by atoms with Gasteiger partial charge in [0.25, 0.3) is 0 Å². The molecule has 2 N–H and O–H groups in total. The highest BCUT2D eigenvalue weighted by atomic mass is 19.1. The van der Waals surface area contributed by atoms with Gasteiger partial charge in [0.15, 0.2) is 0 Å². The second kappa shape index (κ2) is 6.21. The lowest BCUT2D eigenvalue weighted by Crippen LogP contribution is -2.49. The standard InChI is InChI=1S/C13H21FN4O2/c1-13(2)11(3-6-20-13)17-12(19)15-7-10-8-16-18(9-10)5-4-14/h8-9,11H,3-7H2,1-2H3,(H2,15,17,19). The summed E-state index contributed by atoms with van der Waals surface area (Å²) in [4.78, 5) is 11.8. The molecule has 2 rings (SSSR count). The molecule has 0 aromatic carbocycles. The molecule has 6 nitrogen and oxygen atoms in total. The fourth-order valence-electron chi connectivity index (χ4n) is 2.23. The average molecular weight is 284 g/mol. The number of aromatic nitrogens is 2. The number of hydrogen-bond acceptors (Lipinski definition) is 3. The molecule has 2 heterocycles. The zero-order chi connectivity index (χ0) is 14.6. The number of carbonyl (C=O) groups excluding carboxylic acids is 1. The van der Waals surface area contributed by atoms with Crippen LogP contribution in [-0.4, -0.2) is 40.7 Å². The molecule has 0 aliphatic carbocycles. The summed E-state index contributed by atoms with van der Waals surface area (Å²) in [6.45, 7) is 4.74. The molecule has 1 aromatic rings. The zero-order valence-electron chi connectivity index (χ0n) is 11.9. The fourth-order valence-corrected chi connectivity index (χ4v) is 2.23. The molecule has 0 saturated carbocycles. The van der Waals surface area contributed by atoms with Crippen LogP contribution in [0.1, 0.15) is 25.8 Å². The van der Waals surface area contributed by atoms with Crippen LogP contribution < -0.4 is 10.6 Å². The smallest absolute Gasteiger partial charge is 0.315 e. The Labute approximate surface area is 117 Å². The molecular weight excluding hydrogens is 263 g/mol. The number of rotatable bonds is 5. The van der Waals surface area contributed by atoms with E-state index in [0.717, 1.165) is 12.0 Å². The largest absolute Gasteiger partial charge is 0.373 e. The van der Waals surface area contributed by atoms with E-state index in [1.54, 1.807) is 12.4 Å². The maximum atomic E-state index is 12.1. The normalized spacial score (nSPS) is 20.9. The molecule has 1 aliphatic heterocycles. The van der Waals surface area contributed by atoms with Crippen LogP contribution in [0, 0.1) is 0 Å². The van der Waals surface area contributed by atoms with E-state index >= 15 is 0 Å². The van der Waals surface area contributed by atoms with Crippen molar-refractivity contribution in [1.82, 2.24) is 20.4 Å². The highest BCUT2D eigenvalue weighted by Gasteiger charge is 2.36. The van der Waals surface area contributed by atoms with Crippen molar-refractivity contribution in [1.29, 1.82) is 0 Å². The summed E-state index contributed by atoms with van der Waals surface area (Å²) in [5.41, 5.74) is 0.513. The van der Waals surface area contributed by atoms with Crippen molar-refractivity contribution in [2.24, 2.45) is 0 Å². The molecule has 1 saturated heterocycles. The Balaban J connectivity index is 1.77. The molecule has 1 aromatic heterocycles. The Hall–Kier alpha value is -1.63. The van der Waals surface area contributed by atoms with Crippen molar-refractivity contribution in [3.05, 3.63) is 18.0 Å². The third-order valence-electron chi connectivity index (χ3n) is 3.48. The van der Waals surface area contributed by atoms with Crippen molar-refractivity contribution in [2.45, 2.75) is 45.0 Å². The minimum Gasteiger partial charge on any atom is -0.373 e. The molecule has 7 heteroatoms. The van der Waals surface area contributed by atoms with Crippen LogP contribution in [0.15, 0.2) is 12.4 Å². The summed E-state index contributed by atoms with van der Waals surface area (Å²) in [7, 11) is 0. The van der Waals surface area contributed by atoms with Gasteiger partial charge in [0.1, 0.15) is 6.67 Å². The molecule has 0 radical (unpaired) electrons. The minimum atomic E-state index is -0.453. The van der Waals surface area contributed by atoms with Gasteiger partial charge in [-0.2, -0.15) is 5.10 Å². The van der Waals surface area contributed by atoms with Crippen LogP contribution >= 0.6 is 0 Å². The van der Waals surface area contributed by atoms with Gasteiger partial charge in [-0.25, -0.2) is 9.18 Å². The number of amides is 2. The lowest BCUT2D eigenvalue weighted by Gasteiger charge is -2.26. The lowest BCUT2D eigenvalue weighted by atomic mass is 9.99. The highest BCUT2D eigenvalue weighted by Crippen LogP contribution is 2.24. The summed E-state index contributed by atoms with van der Waals surface area (Å²) in [6, 6.07) is -0.219. The fraction of sp³-hybridized carbons (Fsp3) is 0.692. The zero-order valence-corrected chi connectivity index (χ0v) is 11.9. The van der Waals surface area contributed by atoms with Crippen LogP contribution in [0.2, 0.25) is 0 Å². The number of halogens is 1. The molecule has 2 amide bonds. The SMILES string of the molecule is CC1(C)OCCC1NC(=O)NCc1cnn(CCF)c1. The Morgan fingerprint density at radius 1 is 1.65 bits per heavy atom. The van der Waals surface area contributed by atoms with Gasteiger partial charge >= 0.3 is 6.03 Å². The van der Waals surface area contributed by atoms with Crippen LogP contribution in [-0.2, 0) is 17.8 Å². The number of nitrogens with zero attached hydrogens (tertiary/aromatic N) is 2. The van der Waals surface area contributed by atoms with E-state index in [1.165, 1.54) is 4.68 Å². The Morgan fingerprint density at radius 2 is 2.45 bits per heavy atom. The number of hydrogen-bond donors (Lipinski definition) is 2. The van der Waals surface area contributed by atoms with E-state index in [4.69, 9.17) is 4.74 Å². The van der Waals surface area contributed by atoms with Crippen molar-refractivity contribution in [3.8, 4) is 0 Å². The van der Waals surface area contributed by atoms with Gasteiger partial charge in [0.2, 0.25) is 0 Å². The maximum absolute atomic E-state index is 12.1. The summed E-state index contributed by atoms with van der Waals surface area (Å²) >= 11 is 0. The molecule has 1 fully saturated rings. The molecule has 1 aliphatic rings. The van der Waals surface area contributed by atoms with Gasteiger partial charge < -0.3 is 15.4 Å². The maximum Gasteiger partial charge on any atom is 0.315 e. The molecule has 20 heavy (non-hydrogen) atoms. The summed E-state index contributed by atoms with van der Waals surface area (Å²) in [6.07, 6.45) is 4.16. The minimum absolute atomic E-state index is 0.0109. The van der Waals surface area contributed by atoms with Gasteiger partial charge in [-0.3, -0.25) is 4.68 Å². The Bertz CT molecular complexity index is 461. The quantitative estimate of drug-likeness (QED) is 0.854. The Morgan fingerprint density at radius 3 is 3.10 bits per heavy atom. The van der Waals surface area contributed by atoms with E-state index in [0.29, 0.717) is 13.2 Å². The monoisotopic (exact) mass is 284 g/mol. The van der Waals surface area contributed by atoms with E-state index in [-0.39, 0.29) is 24.2 Å². The molecule has 0 bridgehead atoms. The highest BCUT2D eigenvalue weighted by molar-refractivity contribution is 5.74. The van der Waals surface area contributed by atoms with Gasteiger partial charge in [0, 0.05) is 24.9 Å². The third kappa shape index (κ3) is 3.69. The van der Waals surface area contributed by atoms with Gasteiger partial charge in [0.05, 0.1) is 24.4 Å². The average Bonchev–Trinajstić information content (AvgIpc) is 2.95. The topological polar surface area (TPSA) is 68.2 Å².